The minimum absolute atomic E-state index is 0.0628. The van der Waals surface area contributed by atoms with Crippen LogP contribution < -0.4 is 0 Å². The van der Waals surface area contributed by atoms with Gasteiger partial charge in [0.25, 0.3) is 5.91 Å². The van der Waals surface area contributed by atoms with Crippen LogP contribution in [0.4, 0.5) is 13.2 Å². The summed E-state index contributed by atoms with van der Waals surface area (Å²) in [7, 11) is 0. The third kappa shape index (κ3) is 5.93. The summed E-state index contributed by atoms with van der Waals surface area (Å²) in [4.78, 5) is 18.9. The number of aromatic nitrogens is 3. The molecule has 0 N–H and O–H groups in total. The third-order valence-electron chi connectivity index (χ3n) is 9.36. The molecule has 2 aliphatic rings. The van der Waals surface area contributed by atoms with Gasteiger partial charge in [-0.05, 0) is 73.4 Å². The van der Waals surface area contributed by atoms with Crippen LogP contribution in [0.25, 0.3) is 23.0 Å². The first-order chi connectivity index (χ1) is 23.0. The number of carbonyl (C=O) groups is 1. The van der Waals surface area contributed by atoms with E-state index in [2.05, 4.69) is 54.3 Å². The maximum Gasteiger partial charge on any atom is 0.433 e. The summed E-state index contributed by atoms with van der Waals surface area (Å²) in [5, 5.41) is 10.6. The molecule has 9 heteroatoms. The van der Waals surface area contributed by atoms with Crippen LogP contribution in [0.5, 0.6) is 0 Å². The zero-order valence-corrected chi connectivity index (χ0v) is 27.3. The smallest absolute Gasteiger partial charge is 0.265 e. The van der Waals surface area contributed by atoms with Crippen molar-refractivity contribution in [3.63, 3.8) is 0 Å². The van der Waals surface area contributed by atoms with Crippen LogP contribution in [0, 0.1) is 19.8 Å². The number of amides is 1. The number of hydrogen-bond donors (Lipinski definition) is 0. The van der Waals surface area contributed by atoms with Gasteiger partial charge in [-0.2, -0.15) is 23.4 Å². The quantitative estimate of drug-likeness (QED) is 0.191. The van der Waals surface area contributed by atoms with Crippen LogP contribution in [-0.4, -0.2) is 31.2 Å². The maximum absolute atomic E-state index is 14.4. The molecule has 0 unspecified atom stereocenters. The van der Waals surface area contributed by atoms with E-state index in [0.717, 1.165) is 63.4 Å². The molecule has 1 aliphatic heterocycles. The molecule has 2 aromatic heterocycles. The van der Waals surface area contributed by atoms with Crippen LogP contribution in [0.3, 0.4) is 0 Å². The average Bonchev–Trinajstić information content (AvgIpc) is 3.68. The molecule has 0 radical (unpaired) electrons. The van der Waals surface area contributed by atoms with Gasteiger partial charge in [0.1, 0.15) is 0 Å². The Hall–Kier alpha value is -5.05. The summed E-state index contributed by atoms with van der Waals surface area (Å²) in [6.45, 7) is 8.15. The number of hydrazone groups is 1. The summed E-state index contributed by atoms with van der Waals surface area (Å²) < 4.78 is 44.1. The first kappa shape index (κ1) is 31.5. The number of carbonyl (C=O) groups excluding carboxylic acids is 1. The van der Waals surface area contributed by atoms with Crippen LogP contribution in [0.2, 0.25) is 0 Å². The normalized spacial score (nSPS) is 18.9. The maximum atomic E-state index is 14.4. The summed E-state index contributed by atoms with van der Waals surface area (Å²) in [6, 6.07) is 25.5. The summed E-state index contributed by atoms with van der Waals surface area (Å²) >= 11 is 0. The highest BCUT2D eigenvalue weighted by molar-refractivity contribution is 6.09. The number of allylic oxidation sites excluding steroid dienone is 1. The van der Waals surface area contributed by atoms with E-state index in [0.29, 0.717) is 5.56 Å². The number of nitrogens with zero attached hydrogens (tertiary/aromatic N) is 5. The fraction of sp³-hybridized carbons (Fsp3) is 0.282. The van der Waals surface area contributed by atoms with E-state index in [9.17, 15) is 18.0 Å². The van der Waals surface area contributed by atoms with E-state index in [-0.39, 0.29) is 28.9 Å². The molecule has 3 heterocycles. The van der Waals surface area contributed by atoms with Crippen molar-refractivity contribution in [1.82, 2.24) is 19.6 Å². The summed E-state index contributed by atoms with van der Waals surface area (Å²) in [6.07, 6.45) is -0.0242. The second-order valence-corrected chi connectivity index (χ2v) is 13.2. The van der Waals surface area contributed by atoms with E-state index >= 15 is 0 Å². The molecule has 1 fully saturated rings. The molecule has 48 heavy (non-hydrogen) atoms. The van der Waals surface area contributed by atoms with E-state index in [1.165, 1.54) is 16.6 Å². The Labute approximate surface area is 277 Å². The molecular weight excluding hydrogens is 611 g/mol. The van der Waals surface area contributed by atoms with Crippen LogP contribution in [0.1, 0.15) is 89.1 Å². The Morgan fingerprint density at radius 2 is 1.58 bits per heavy atom. The molecule has 5 aromatic rings. The van der Waals surface area contributed by atoms with Crippen LogP contribution in [0.15, 0.2) is 95.6 Å². The molecule has 0 saturated heterocycles. The van der Waals surface area contributed by atoms with E-state index in [1.54, 1.807) is 12.1 Å². The summed E-state index contributed by atoms with van der Waals surface area (Å²) in [5.41, 5.74) is 6.67. The van der Waals surface area contributed by atoms with Crippen molar-refractivity contribution in [2.75, 3.05) is 0 Å². The fourth-order valence-corrected chi connectivity index (χ4v) is 6.71. The van der Waals surface area contributed by atoms with Gasteiger partial charge in [0.15, 0.2) is 17.0 Å². The Kier molecular flexibility index (Phi) is 8.01. The lowest BCUT2D eigenvalue weighted by atomic mass is 9.77. The zero-order valence-electron chi connectivity index (χ0n) is 27.3. The molecular formula is C39H36F3N5O. The van der Waals surface area contributed by atoms with Gasteiger partial charge in [0.05, 0.1) is 17.4 Å². The highest BCUT2D eigenvalue weighted by Gasteiger charge is 2.45. The van der Waals surface area contributed by atoms with Gasteiger partial charge in [-0.15, -0.1) is 0 Å². The second-order valence-electron chi connectivity index (χ2n) is 13.2. The molecule has 1 aliphatic carbocycles. The fourth-order valence-electron chi connectivity index (χ4n) is 6.71. The van der Waals surface area contributed by atoms with Gasteiger partial charge < -0.3 is 0 Å². The minimum Gasteiger partial charge on any atom is -0.265 e. The molecule has 1 saturated carbocycles. The highest BCUT2D eigenvalue weighted by Crippen LogP contribution is 2.45. The van der Waals surface area contributed by atoms with Crippen molar-refractivity contribution in [3.8, 4) is 11.3 Å². The second kappa shape index (κ2) is 12.2. The highest BCUT2D eigenvalue weighted by atomic mass is 19.4. The van der Waals surface area contributed by atoms with Crippen molar-refractivity contribution in [1.29, 1.82) is 0 Å². The lowest BCUT2D eigenvalue weighted by Crippen LogP contribution is -2.32. The van der Waals surface area contributed by atoms with E-state index < -0.39 is 23.8 Å². The van der Waals surface area contributed by atoms with Crippen molar-refractivity contribution in [2.45, 2.75) is 65.1 Å². The predicted octanol–water partition coefficient (Wildman–Crippen LogP) is 9.59. The van der Waals surface area contributed by atoms with Gasteiger partial charge in [-0.3, -0.25) is 4.79 Å². The largest absolute Gasteiger partial charge is 0.433 e. The monoisotopic (exact) mass is 647 g/mol. The van der Waals surface area contributed by atoms with Gasteiger partial charge in [-0.1, -0.05) is 97.8 Å². The number of hydrogen-bond acceptors (Lipinski definition) is 4. The standard InChI is InChI=1S/C39H36F3N5O/c1-23(2)27-16-18-28(19-17-27)32-21-34(39(40,41)42)46-35(43-32)22-33(44-46)38(48)47-37(29-14-10-25(4)11-15-29)31-7-5-6-30(36(31)45-47)20-26-12-8-24(3)9-13-26/h8-23,31,37H,5-7H2,1-4H3/b30-20-/t31-,37-/m0/s1. The Balaban J connectivity index is 1.32. The number of benzene rings is 3. The molecule has 2 atom stereocenters. The number of rotatable bonds is 5. The van der Waals surface area contributed by atoms with Crippen molar-refractivity contribution < 1.29 is 18.0 Å². The average molecular weight is 648 g/mol. The SMILES string of the molecule is Cc1ccc(/C=C2/CCC[C@H]3C2=NN(C(=O)c2cc4nc(-c5ccc(C(C)C)cc5)cc(C(F)(F)F)n4n2)[C@H]3c2ccc(C)cc2)cc1. The molecule has 0 bridgehead atoms. The van der Waals surface area contributed by atoms with Gasteiger partial charge in [0, 0.05) is 17.5 Å². The molecule has 6 nitrogen and oxygen atoms in total. The van der Waals surface area contributed by atoms with E-state index in [4.69, 9.17) is 5.10 Å². The third-order valence-corrected chi connectivity index (χ3v) is 9.36. The lowest BCUT2D eigenvalue weighted by Gasteiger charge is -2.29. The van der Waals surface area contributed by atoms with Gasteiger partial charge in [-0.25, -0.2) is 14.5 Å². The minimum atomic E-state index is -4.73. The predicted molar refractivity (Wildman–Crippen MR) is 182 cm³/mol. The van der Waals surface area contributed by atoms with Crippen LogP contribution >= 0.6 is 0 Å². The molecule has 0 spiro atoms. The van der Waals surface area contributed by atoms with Gasteiger partial charge >= 0.3 is 6.18 Å². The van der Waals surface area contributed by atoms with E-state index in [1.807, 2.05) is 50.2 Å². The molecule has 3 aromatic carbocycles. The van der Waals surface area contributed by atoms with Gasteiger partial charge in [0.2, 0.25) is 0 Å². The Bertz CT molecular complexity index is 2060. The molecule has 1 amide bonds. The van der Waals surface area contributed by atoms with Crippen molar-refractivity contribution in [2.24, 2.45) is 11.0 Å². The number of fused-ring (bicyclic) bond motifs is 2. The van der Waals surface area contributed by atoms with Crippen molar-refractivity contribution >= 4 is 23.3 Å². The number of alkyl halides is 3. The number of aryl methyl sites for hydroxylation is 2. The summed E-state index contributed by atoms with van der Waals surface area (Å²) in [5.74, 6) is -0.360. The first-order valence-electron chi connectivity index (χ1n) is 16.3. The zero-order chi connectivity index (χ0) is 33.7. The van der Waals surface area contributed by atoms with Crippen LogP contribution in [-0.2, 0) is 6.18 Å². The number of halogens is 3. The Morgan fingerprint density at radius 3 is 2.23 bits per heavy atom. The molecule has 7 rings (SSSR count). The Morgan fingerprint density at radius 1 is 0.917 bits per heavy atom. The molecule has 244 valence electrons. The van der Waals surface area contributed by atoms with Crippen molar-refractivity contribution in [3.05, 3.63) is 130 Å². The lowest BCUT2D eigenvalue weighted by molar-refractivity contribution is -0.142. The first-order valence-corrected chi connectivity index (χ1v) is 16.3. The topological polar surface area (TPSA) is 62.9 Å².